The number of benzene rings is 1. The highest BCUT2D eigenvalue weighted by atomic mass is 32.2. The van der Waals surface area contributed by atoms with Crippen LogP contribution in [0.25, 0.3) is 0 Å². The number of carbonyl (C=O) groups excluding carboxylic acids is 1. The van der Waals surface area contributed by atoms with Crippen LogP contribution < -0.4 is 17.2 Å². The molecule has 2 aromatic rings. The van der Waals surface area contributed by atoms with Gasteiger partial charge < -0.3 is 11.5 Å². The third-order valence-electron chi connectivity index (χ3n) is 2.67. The number of aromatic amines is 1. The van der Waals surface area contributed by atoms with E-state index in [9.17, 15) is 9.59 Å². The average Bonchev–Trinajstić information content (AvgIpc) is 2.74. The number of H-pyrrole nitrogens is 1. The number of hydrogen-bond acceptors (Lipinski definition) is 5. The summed E-state index contributed by atoms with van der Waals surface area (Å²) >= 11 is 1.27. The third-order valence-corrected chi connectivity index (χ3v) is 3.65. The second kappa shape index (κ2) is 5.83. The molecule has 5 N–H and O–H groups in total. The molecule has 0 aliphatic rings. The standard InChI is InChI=1S/C12H15N5O2S/c1-2-5-17-11(19)15-16-12(17)20-7-3-4-9(13)8(6-7)10(14)18/h3-4,6H,2,5,13H2,1H3,(H2,14,18)(H,15,19). The summed E-state index contributed by atoms with van der Waals surface area (Å²) in [6.07, 6.45) is 0.821. The van der Waals surface area contributed by atoms with E-state index >= 15 is 0 Å². The fourth-order valence-electron chi connectivity index (χ4n) is 1.72. The Kier molecular flexibility index (Phi) is 4.14. The van der Waals surface area contributed by atoms with E-state index < -0.39 is 5.91 Å². The van der Waals surface area contributed by atoms with Crippen molar-refractivity contribution in [1.29, 1.82) is 0 Å². The minimum Gasteiger partial charge on any atom is -0.398 e. The summed E-state index contributed by atoms with van der Waals surface area (Å²) in [7, 11) is 0. The van der Waals surface area contributed by atoms with Crippen molar-refractivity contribution >= 4 is 23.4 Å². The number of hydrogen-bond donors (Lipinski definition) is 3. The maximum atomic E-state index is 11.6. The average molecular weight is 293 g/mol. The summed E-state index contributed by atoms with van der Waals surface area (Å²) in [6, 6.07) is 4.96. The van der Waals surface area contributed by atoms with E-state index in [1.165, 1.54) is 11.8 Å². The second-order valence-electron chi connectivity index (χ2n) is 4.18. The summed E-state index contributed by atoms with van der Waals surface area (Å²) in [5, 5.41) is 6.92. The van der Waals surface area contributed by atoms with Gasteiger partial charge in [0, 0.05) is 17.1 Å². The molecular weight excluding hydrogens is 278 g/mol. The SMILES string of the molecule is CCCn1c(Sc2ccc(N)c(C(N)=O)c2)n[nH]c1=O. The zero-order chi connectivity index (χ0) is 14.7. The Morgan fingerprint density at radius 3 is 2.90 bits per heavy atom. The van der Waals surface area contributed by atoms with E-state index in [2.05, 4.69) is 10.2 Å². The van der Waals surface area contributed by atoms with E-state index in [4.69, 9.17) is 11.5 Å². The van der Waals surface area contributed by atoms with Crippen LogP contribution in [-0.4, -0.2) is 20.7 Å². The van der Waals surface area contributed by atoms with Gasteiger partial charge in [0.25, 0.3) is 5.91 Å². The fourth-order valence-corrected chi connectivity index (χ4v) is 2.62. The third kappa shape index (κ3) is 2.85. The van der Waals surface area contributed by atoms with Crippen molar-refractivity contribution in [2.45, 2.75) is 29.9 Å². The van der Waals surface area contributed by atoms with Crippen molar-refractivity contribution in [2.24, 2.45) is 5.73 Å². The Labute approximate surface area is 119 Å². The van der Waals surface area contributed by atoms with E-state index in [0.29, 0.717) is 17.4 Å². The molecule has 0 aliphatic carbocycles. The summed E-state index contributed by atoms with van der Waals surface area (Å²) in [6.45, 7) is 2.55. The Balaban J connectivity index is 2.33. The van der Waals surface area contributed by atoms with E-state index in [-0.39, 0.29) is 11.3 Å². The summed E-state index contributed by atoms with van der Waals surface area (Å²) in [4.78, 5) is 23.6. The molecule has 0 saturated carbocycles. The maximum Gasteiger partial charge on any atom is 0.343 e. The molecule has 1 heterocycles. The lowest BCUT2D eigenvalue weighted by Crippen LogP contribution is -2.17. The molecule has 0 saturated heterocycles. The van der Waals surface area contributed by atoms with Crippen LogP contribution in [0.1, 0.15) is 23.7 Å². The van der Waals surface area contributed by atoms with Gasteiger partial charge in [-0.25, -0.2) is 9.89 Å². The van der Waals surface area contributed by atoms with Crippen LogP contribution in [0.3, 0.4) is 0 Å². The molecule has 0 fully saturated rings. The molecule has 20 heavy (non-hydrogen) atoms. The van der Waals surface area contributed by atoms with Crippen LogP contribution >= 0.6 is 11.8 Å². The van der Waals surface area contributed by atoms with Crippen LogP contribution in [0.5, 0.6) is 0 Å². The lowest BCUT2D eigenvalue weighted by molar-refractivity contribution is 0.100. The summed E-state index contributed by atoms with van der Waals surface area (Å²) < 4.78 is 1.55. The van der Waals surface area contributed by atoms with Crippen LogP contribution in [0.4, 0.5) is 5.69 Å². The van der Waals surface area contributed by atoms with Crippen LogP contribution in [-0.2, 0) is 6.54 Å². The van der Waals surface area contributed by atoms with Gasteiger partial charge in [-0.15, -0.1) is 5.10 Å². The number of anilines is 1. The highest BCUT2D eigenvalue weighted by molar-refractivity contribution is 7.99. The van der Waals surface area contributed by atoms with Crippen molar-refractivity contribution in [1.82, 2.24) is 14.8 Å². The van der Waals surface area contributed by atoms with Gasteiger partial charge in [-0.05, 0) is 36.4 Å². The van der Waals surface area contributed by atoms with Gasteiger partial charge in [0.05, 0.1) is 5.56 Å². The summed E-state index contributed by atoms with van der Waals surface area (Å²) in [5.74, 6) is -0.585. The Morgan fingerprint density at radius 2 is 2.25 bits per heavy atom. The number of rotatable bonds is 5. The van der Waals surface area contributed by atoms with Gasteiger partial charge >= 0.3 is 5.69 Å². The predicted molar refractivity (Wildman–Crippen MR) is 76.6 cm³/mol. The number of nitrogens with two attached hydrogens (primary N) is 2. The number of carbonyl (C=O) groups is 1. The number of aromatic nitrogens is 3. The Bertz CT molecular complexity index is 691. The Hall–Kier alpha value is -2.22. The molecule has 0 radical (unpaired) electrons. The maximum absolute atomic E-state index is 11.6. The van der Waals surface area contributed by atoms with Gasteiger partial charge in [-0.1, -0.05) is 6.92 Å². The normalized spacial score (nSPS) is 10.7. The molecule has 7 nitrogen and oxygen atoms in total. The number of nitrogens with one attached hydrogen (secondary N) is 1. The lowest BCUT2D eigenvalue weighted by Gasteiger charge is -2.06. The molecule has 0 atom stereocenters. The first-order valence-electron chi connectivity index (χ1n) is 6.05. The topological polar surface area (TPSA) is 120 Å². The zero-order valence-corrected chi connectivity index (χ0v) is 11.7. The first kappa shape index (κ1) is 14.2. The monoisotopic (exact) mass is 293 g/mol. The predicted octanol–water partition coefficient (Wildman–Crippen LogP) is 0.814. The highest BCUT2D eigenvalue weighted by Gasteiger charge is 2.12. The molecule has 1 aromatic heterocycles. The van der Waals surface area contributed by atoms with Gasteiger partial charge in [0.15, 0.2) is 5.16 Å². The number of nitrogen functional groups attached to an aromatic ring is 1. The molecular formula is C12H15N5O2S. The van der Waals surface area contributed by atoms with Crippen molar-refractivity contribution in [2.75, 3.05) is 5.73 Å². The number of amides is 1. The molecule has 0 spiro atoms. The van der Waals surface area contributed by atoms with Crippen molar-refractivity contribution in [3.63, 3.8) is 0 Å². The molecule has 1 aromatic carbocycles. The smallest absolute Gasteiger partial charge is 0.343 e. The van der Waals surface area contributed by atoms with Gasteiger partial charge in [0.1, 0.15) is 0 Å². The lowest BCUT2D eigenvalue weighted by atomic mass is 10.2. The zero-order valence-electron chi connectivity index (χ0n) is 10.9. The largest absolute Gasteiger partial charge is 0.398 e. The van der Waals surface area contributed by atoms with Gasteiger partial charge in [0.2, 0.25) is 0 Å². The van der Waals surface area contributed by atoms with Gasteiger partial charge in [-0.2, -0.15) is 0 Å². The molecule has 0 bridgehead atoms. The Morgan fingerprint density at radius 1 is 1.50 bits per heavy atom. The fraction of sp³-hybridized carbons (Fsp3) is 0.250. The first-order chi connectivity index (χ1) is 9.52. The second-order valence-corrected chi connectivity index (χ2v) is 5.22. The van der Waals surface area contributed by atoms with Gasteiger partial charge in [-0.3, -0.25) is 9.36 Å². The first-order valence-corrected chi connectivity index (χ1v) is 6.87. The van der Waals surface area contributed by atoms with E-state index in [1.807, 2.05) is 6.92 Å². The molecule has 106 valence electrons. The van der Waals surface area contributed by atoms with Crippen LogP contribution in [0.2, 0.25) is 0 Å². The van der Waals surface area contributed by atoms with Crippen LogP contribution in [0, 0.1) is 0 Å². The molecule has 8 heteroatoms. The van der Waals surface area contributed by atoms with E-state index in [1.54, 1.807) is 22.8 Å². The van der Waals surface area contributed by atoms with E-state index in [0.717, 1.165) is 11.3 Å². The van der Waals surface area contributed by atoms with Crippen molar-refractivity contribution < 1.29 is 4.79 Å². The minimum absolute atomic E-state index is 0.250. The van der Waals surface area contributed by atoms with Crippen molar-refractivity contribution in [3.8, 4) is 0 Å². The summed E-state index contributed by atoms with van der Waals surface area (Å²) in [5.41, 5.74) is 11.3. The number of primary amides is 1. The number of nitrogens with zero attached hydrogens (tertiary/aromatic N) is 2. The van der Waals surface area contributed by atoms with Crippen LogP contribution in [0.15, 0.2) is 33.0 Å². The van der Waals surface area contributed by atoms with Crippen molar-refractivity contribution in [3.05, 3.63) is 34.2 Å². The molecule has 2 rings (SSSR count). The molecule has 1 amide bonds. The highest BCUT2D eigenvalue weighted by Crippen LogP contribution is 2.27. The molecule has 0 aliphatic heterocycles. The minimum atomic E-state index is -0.585. The quantitative estimate of drug-likeness (QED) is 0.705. The molecule has 0 unspecified atom stereocenters.